The lowest BCUT2D eigenvalue weighted by molar-refractivity contribution is -0.175. The second-order valence-corrected chi connectivity index (χ2v) is 4.49. The largest absolute Gasteiger partial charge is 0.481 e. The van der Waals surface area contributed by atoms with Gasteiger partial charge in [0.2, 0.25) is 0 Å². The predicted molar refractivity (Wildman–Crippen MR) is 49.7 cm³/mol. The van der Waals surface area contributed by atoms with Gasteiger partial charge in [-0.05, 0) is 5.41 Å². The fourth-order valence-corrected chi connectivity index (χ4v) is 0.988. The van der Waals surface area contributed by atoms with E-state index in [-0.39, 0.29) is 0 Å². The van der Waals surface area contributed by atoms with E-state index < -0.39 is 35.9 Å². The molecule has 0 bridgehead atoms. The van der Waals surface area contributed by atoms with Crippen LogP contribution < -0.4 is 5.32 Å². The maximum Gasteiger partial charge on any atom is 0.471 e. The van der Waals surface area contributed by atoms with Crippen molar-refractivity contribution in [3.05, 3.63) is 0 Å². The minimum atomic E-state index is -5.00. The molecular weight excluding hydrogens is 227 g/mol. The Morgan fingerprint density at radius 1 is 1.25 bits per heavy atom. The van der Waals surface area contributed by atoms with Crippen LogP contribution in [-0.2, 0) is 9.59 Å². The minimum absolute atomic E-state index is 0.550. The molecule has 0 aromatic rings. The first-order valence-electron chi connectivity index (χ1n) is 4.54. The number of amides is 1. The fourth-order valence-electron chi connectivity index (χ4n) is 0.988. The van der Waals surface area contributed by atoms with Crippen molar-refractivity contribution < 1.29 is 27.9 Å². The first-order valence-corrected chi connectivity index (χ1v) is 4.54. The Kier molecular flexibility index (Phi) is 4.34. The number of hydrogen-bond acceptors (Lipinski definition) is 2. The SMILES string of the molecule is CC(C)(C)[C@H](CC(=O)O)NC(=O)C(F)(F)F. The van der Waals surface area contributed by atoms with Crippen molar-refractivity contribution in [3.63, 3.8) is 0 Å². The van der Waals surface area contributed by atoms with E-state index in [2.05, 4.69) is 0 Å². The number of hydrogen-bond donors (Lipinski definition) is 2. The summed E-state index contributed by atoms with van der Waals surface area (Å²) in [6.07, 6.45) is -5.55. The monoisotopic (exact) mass is 241 g/mol. The van der Waals surface area contributed by atoms with Crippen LogP contribution in [-0.4, -0.2) is 29.2 Å². The Morgan fingerprint density at radius 2 is 1.69 bits per heavy atom. The van der Waals surface area contributed by atoms with Crippen LogP contribution in [0, 0.1) is 5.41 Å². The van der Waals surface area contributed by atoms with Gasteiger partial charge in [0, 0.05) is 6.04 Å². The number of carboxylic acids is 1. The number of rotatable bonds is 3. The van der Waals surface area contributed by atoms with E-state index in [0.717, 1.165) is 0 Å². The van der Waals surface area contributed by atoms with Crippen LogP contribution in [0.2, 0.25) is 0 Å². The molecule has 0 aliphatic heterocycles. The highest BCUT2D eigenvalue weighted by Crippen LogP contribution is 2.24. The molecule has 4 nitrogen and oxygen atoms in total. The fraction of sp³-hybridized carbons (Fsp3) is 0.778. The van der Waals surface area contributed by atoms with Crippen LogP contribution in [0.1, 0.15) is 27.2 Å². The molecule has 0 rings (SSSR count). The molecule has 94 valence electrons. The summed E-state index contributed by atoms with van der Waals surface area (Å²) in [7, 11) is 0. The molecule has 0 aromatic carbocycles. The third-order valence-corrected chi connectivity index (χ3v) is 1.99. The molecule has 0 radical (unpaired) electrons. The van der Waals surface area contributed by atoms with E-state index in [1.165, 1.54) is 0 Å². The molecule has 0 saturated heterocycles. The minimum Gasteiger partial charge on any atom is -0.481 e. The van der Waals surface area contributed by atoms with Gasteiger partial charge in [-0.15, -0.1) is 0 Å². The summed E-state index contributed by atoms with van der Waals surface area (Å²) in [4.78, 5) is 21.1. The van der Waals surface area contributed by atoms with Crippen molar-refractivity contribution >= 4 is 11.9 Å². The second-order valence-electron chi connectivity index (χ2n) is 4.49. The Bertz CT molecular complexity index is 281. The van der Waals surface area contributed by atoms with E-state index in [1.54, 1.807) is 26.1 Å². The number of carboxylic acid groups (broad SMARTS) is 1. The molecule has 0 heterocycles. The van der Waals surface area contributed by atoms with Gasteiger partial charge in [0.1, 0.15) is 0 Å². The molecule has 0 aliphatic carbocycles. The summed E-state index contributed by atoms with van der Waals surface area (Å²) in [5.41, 5.74) is -0.765. The van der Waals surface area contributed by atoms with Crippen LogP contribution in [0.15, 0.2) is 0 Å². The van der Waals surface area contributed by atoms with Crippen LogP contribution in [0.4, 0.5) is 13.2 Å². The van der Waals surface area contributed by atoms with Crippen LogP contribution >= 0.6 is 0 Å². The summed E-state index contributed by atoms with van der Waals surface area (Å²) in [5.74, 6) is -3.38. The zero-order valence-electron chi connectivity index (χ0n) is 9.18. The maximum absolute atomic E-state index is 12.0. The molecule has 0 aliphatic rings. The molecule has 1 amide bonds. The number of alkyl halides is 3. The van der Waals surface area contributed by atoms with Gasteiger partial charge in [-0.3, -0.25) is 9.59 Å². The number of halogens is 3. The summed E-state index contributed by atoms with van der Waals surface area (Å²) in [6, 6.07) is -1.07. The summed E-state index contributed by atoms with van der Waals surface area (Å²) < 4.78 is 35.9. The Hall–Kier alpha value is -1.27. The highest BCUT2D eigenvalue weighted by molar-refractivity contribution is 5.82. The van der Waals surface area contributed by atoms with Crippen LogP contribution in [0.5, 0.6) is 0 Å². The molecule has 16 heavy (non-hydrogen) atoms. The average Bonchev–Trinajstić information content (AvgIpc) is 1.98. The molecule has 1 atom stereocenters. The lowest BCUT2D eigenvalue weighted by Crippen LogP contribution is -2.49. The first kappa shape index (κ1) is 14.7. The number of aliphatic carboxylic acids is 1. The van der Waals surface area contributed by atoms with Crippen molar-refractivity contribution in [2.24, 2.45) is 5.41 Å². The smallest absolute Gasteiger partial charge is 0.471 e. The summed E-state index contributed by atoms with van der Waals surface area (Å²) in [5, 5.41) is 10.2. The molecule has 0 unspecified atom stereocenters. The van der Waals surface area contributed by atoms with E-state index in [1.807, 2.05) is 0 Å². The van der Waals surface area contributed by atoms with Crippen molar-refractivity contribution in [1.29, 1.82) is 0 Å². The molecule has 0 fully saturated rings. The van der Waals surface area contributed by atoms with Gasteiger partial charge < -0.3 is 10.4 Å². The normalized spacial score (nSPS) is 14.4. The Labute approximate surface area is 90.8 Å². The summed E-state index contributed by atoms with van der Waals surface area (Å²) in [6.45, 7) is 4.66. The molecule has 2 N–H and O–H groups in total. The van der Waals surface area contributed by atoms with Crippen LogP contribution in [0.25, 0.3) is 0 Å². The predicted octanol–water partition coefficient (Wildman–Crippen LogP) is 1.55. The standard InChI is InChI=1S/C9H14F3NO3/c1-8(2,3)5(4-6(14)15)13-7(16)9(10,11)12/h5H,4H2,1-3H3,(H,13,16)(H,14,15)/t5-/m0/s1. The summed E-state index contributed by atoms with van der Waals surface area (Å²) >= 11 is 0. The lowest BCUT2D eigenvalue weighted by Gasteiger charge is -2.30. The van der Waals surface area contributed by atoms with Crippen LogP contribution in [0.3, 0.4) is 0 Å². The van der Waals surface area contributed by atoms with Gasteiger partial charge >= 0.3 is 18.1 Å². The van der Waals surface area contributed by atoms with Crippen molar-refractivity contribution in [3.8, 4) is 0 Å². The molecular formula is C9H14F3NO3. The van der Waals surface area contributed by atoms with Gasteiger partial charge in [0.15, 0.2) is 0 Å². The average molecular weight is 241 g/mol. The third-order valence-electron chi connectivity index (χ3n) is 1.99. The van der Waals surface area contributed by atoms with Gasteiger partial charge in [-0.2, -0.15) is 13.2 Å². The van der Waals surface area contributed by atoms with Gasteiger partial charge in [-0.1, -0.05) is 20.8 Å². The van der Waals surface area contributed by atoms with E-state index in [9.17, 15) is 22.8 Å². The zero-order chi connectivity index (χ0) is 13.1. The number of carbonyl (C=O) groups excluding carboxylic acids is 1. The molecule has 0 saturated carbocycles. The second kappa shape index (κ2) is 4.71. The molecule has 0 aromatic heterocycles. The highest BCUT2D eigenvalue weighted by Gasteiger charge is 2.41. The van der Waals surface area contributed by atoms with Crippen molar-refractivity contribution in [2.75, 3.05) is 0 Å². The molecule has 7 heteroatoms. The zero-order valence-corrected chi connectivity index (χ0v) is 9.18. The third kappa shape index (κ3) is 4.99. The Balaban J connectivity index is 4.70. The van der Waals surface area contributed by atoms with Crippen molar-refractivity contribution in [1.82, 2.24) is 5.32 Å². The van der Waals surface area contributed by atoms with E-state index >= 15 is 0 Å². The Morgan fingerprint density at radius 3 is 1.94 bits per heavy atom. The van der Waals surface area contributed by atoms with E-state index in [4.69, 9.17) is 5.11 Å². The van der Waals surface area contributed by atoms with Gasteiger partial charge in [-0.25, -0.2) is 0 Å². The molecule has 0 spiro atoms. The van der Waals surface area contributed by atoms with Crippen molar-refractivity contribution in [2.45, 2.75) is 39.4 Å². The quantitative estimate of drug-likeness (QED) is 0.787. The lowest BCUT2D eigenvalue weighted by atomic mass is 9.84. The maximum atomic E-state index is 12.0. The van der Waals surface area contributed by atoms with E-state index in [0.29, 0.717) is 0 Å². The van der Waals surface area contributed by atoms with Gasteiger partial charge in [0.05, 0.1) is 6.42 Å². The van der Waals surface area contributed by atoms with Gasteiger partial charge in [0.25, 0.3) is 0 Å². The first-order chi connectivity index (χ1) is 6.94. The number of carbonyl (C=O) groups is 2. The number of nitrogens with one attached hydrogen (secondary N) is 1. The highest BCUT2D eigenvalue weighted by atomic mass is 19.4. The topological polar surface area (TPSA) is 66.4 Å².